The second-order valence-corrected chi connectivity index (χ2v) is 7.04. The van der Waals surface area contributed by atoms with Gasteiger partial charge in [0.05, 0.1) is 17.3 Å². The molecule has 3 rings (SSSR count). The Morgan fingerprint density at radius 3 is 2.67 bits per heavy atom. The van der Waals surface area contributed by atoms with E-state index < -0.39 is 29.8 Å². The van der Waals surface area contributed by atoms with E-state index in [1.54, 1.807) is 23.2 Å². The molecule has 0 saturated carbocycles. The van der Waals surface area contributed by atoms with Crippen molar-refractivity contribution in [2.75, 3.05) is 6.54 Å². The van der Waals surface area contributed by atoms with Gasteiger partial charge in [0.2, 0.25) is 0 Å². The summed E-state index contributed by atoms with van der Waals surface area (Å²) in [6, 6.07) is 5.03. The Bertz CT molecular complexity index is 840. The number of hydrogen-bond donors (Lipinski definition) is 1. The van der Waals surface area contributed by atoms with Crippen molar-refractivity contribution in [3.05, 3.63) is 63.9 Å². The number of rotatable bonds is 4. The van der Waals surface area contributed by atoms with Crippen LogP contribution in [0.25, 0.3) is 0 Å². The van der Waals surface area contributed by atoms with Gasteiger partial charge in [0.15, 0.2) is 0 Å². The Hall–Kier alpha value is -2.12. The van der Waals surface area contributed by atoms with Crippen molar-refractivity contribution >= 4 is 17.6 Å². The summed E-state index contributed by atoms with van der Waals surface area (Å²) >= 11 is 6.26. The van der Waals surface area contributed by atoms with Crippen molar-refractivity contribution in [2.45, 2.75) is 38.0 Å². The number of pyridine rings is 1. The minimum atomic E-state index is -4.53. The molecule has 27 heavy (non-hydrogen) atoms. The Labute approximate surface area is 159 Å². The third-order valence-corrected chi connectivity index (χ3v) is 5.09. The fraction of sp³-hybridized carbons (Fsp3) is 0.368. The molecular weight excluding hydrogens is 381 g/mol. The lowest BCUT2D eigenvalue weighted by atomic mass is 9.97. The highest BCUT2D eigenvalue weighted by Crippen LogP contribution is 2.40. The Morgan fingerprint density at radius 1 is 1.33 bits per heavy atom. The van der Waals surface area contributed by atoms with Gasteiger partial charge in [-0.1, -0.05) is 17.7 Å². The van der Waals surface area contributed by atoms with Crippen LogP contribution >= 0.6 is 11.6 Å². The first-order valence-corrected chi connectivity index (χ1v) is 8.84. The van der Waals surface area contributed by atoms with Gasteiger partial charge in [-0.25, -0.2) is 0 Å². The summed E-state index contributed by atoms with van der Waals surface area (Å²) in [5.41, 5.74) is 0.736. The van der Waals surface area contributed by atoms with E-state index in [9.17, 15) is 23.1 Å². The number of benzene rings is 1. The molecule has 1 saturated heterocycles. The molecule has 2 heterocycles. The fourth-order valence-electron chi connectivity index (χ4n) is 3.44. The standard InChI is InChI=1S/C19H18ClF3N2O2/c1-11-4-7-15(24-10-11)17(25-8-2-3-16(25)18(26)27)13-9-12(19(21,22)23)5-6-14(13)20/h4-7,9-10,16-17H,2-3,8H2,1H3,(H,26,27). The third kappa shape index (κ3) is 4.09. The molecule has 144 valence electrons. The van der Waals surface area contributed by atoms with E-state index in [1.165, 1.54) is 6.07 Å². The summed E-state index contributed by atoms with van der Waals surface area (Å²) in [7, 11) is 0. The van der Waals surface area contributed by atoms with Gasteiger partial charge in [0.25, 0.3) is 0 Å². The lowest BCUT2D eigenvalue weighted by molar-refractivity contribution is -0.143. The van der Waals surface area contributed by atoms with E-state index >= 15 is 0 Å². The molecule has 0 bridgehead atoms. The zero-order valence-corrected chi connectivity index (χ0v) is 15.3. The lowest BCUT2D eigenvalue weighted by Crippen LogP contribution is -2.39. The number of carboxylic acid groups (broad SMARTS) is 1. The molecule has 1 aliphatic rings. The van der Waals surface area contributed by atoms with Crippen molar-refractivity contribution < 1.29 is 23.1 Å². The number of halogens is 4. The summed E-state index contributed by atoms with van der Waals surface area (Å²) in [4.78, 5) is 17.7. The zero-order valence-electron chi connectivity index (χ0n) is 14.5. The molecule has 1 aromatic carbocycles. The summed E-state index contributed by atoms with van der Waals surface area (Å²) in [5.74, 6) is -1.01. The summed E-state index contributed by atoms with van der Waals surface area (Å²) < 4.78 is 39.7. The topological polar surface area (TPSA) is 53.4 Å². The monoisotopic (exact) mass is 398 g/mol. The van der Waals surface area contributed by atoms with Crippen molar-refractivity contribution in [3.63, 3.8) is 0 Å². The SMILES string of the molecule is Cc1ccc(C(c2cc(C(F)(F)F)ccc2Cl)N2CCCC2C(=O)O)nc1. The van der Waals surface area contributed by atoms with E-state index in [-0.39, 0.29) is 10.6 Å². The molecule has 1 aromatic heterocycles. The number of aliphatic carboxylic acids is 1. The van der Waals surface area contributed by atoms with Crippen LogP contribution in [0.1, 0.15) is 41.3 Å². The fourth-order valence-corrected chi connectivity index (χ4v) is 3.66. The van der Waals surface area contributed by atoms with Crippen molar-refractivity contribution in [1.82, 2.24) is 9.88 Å². The van der Waals surface area contributed by atoms with Gasteiger partial charge in [-0.05, 0) is 55.2 Å². The first kappa shape index (κ1) is 19.6. The molecule has 0 radical (unpaired) electrons. The Morgan fingerprint density at radius 2 is 2.07 bits per heavy atom. The largest absolute Gasteiger partial charge is 0.480 e. The van der Waals surface area contributed by atoms with Crippen LogP contribution in [-0.4, -0.2) is 33.5 Å². The number of aryl methyl sites for hydroxylation is 1. The van der Waals surface area contributed by atoms with Crippen LogP contribution in [0.15, 0.2) is 36.5 Å². The highest BCUT2D eigenvalue weighted by Gasteiger charge is 2.39. The average Bonchev–Trinajstić information content (AvgIpc) is 3.07. The molecule has 1 N–H and O–H groups in total. The normalized spacial score (nSPS) is 19.2. The van der Waals surface area contributed by atoms with E-state index in [0.717, 1.165) is 17.7 Å². The predicted molar refractivity (Wildman–Crippen MR) is 94.6 cm³/mol. The number of carboxylic acids is 1. The van der Waals surface area contributed by atoms with Gasteiger partial charge in [0.1, 0.15) is 6.04 Å². The van der Waals surface area contributed by atoms with E-state index in [0.29, 0.717) is 25.1 Å². The van der Waals surface area contributed by atoms with Gasteiger partial charge in [-0.3, -0.25) is 14.7 Å². The molecule has 0 amide bonds. The van der Waals surface area contributed by atoms with Gasteiger partial charge in [-0.15, -0.1) is 0 Å². The van der Waals surface area contributed by atoms with Crippen LogP contribution in [0, 0.1) is 6.92 Å². The highest BCUT2D eigenvalue weighted by molar-refractivity contribution is 6.31. The third-order valence-electron chi connectivity index (χ3n) is 4.74. The van der Waals surface area contributed by atoms with E-state index in [2.05, 4.69) is 4.98 Å². The highest BCUT2D eigenvalue weighted by atomic mass is 35.5. The predicted octanol–water partition coefficient (Wildman–Crippen LogP) is 4.70. The molecule has 0 spiro atoms. The summed E-state index contributed by atoms with van der Waals surface area (Å²) in [6.07, 6.45) is -1.86. The molecule has 2 aromatic rings. The first-order chi connectivity index (χ1) is 12.7. The maximum Gasteiger partial charge on any atom is 0.416 e. The van der Waals surface area contributed by atoms with Gasteiger partial charge >= 0.3 is 12.1 Å². The maximum absolute atomic E-state index is 13.2. The van der Waals surface area contributed by atoms with E-state index in [1.807, 2.05) is 6.92 Å². The van der Waals surface area contributed by atoms with Crippen LogP contribution in [0.4, 0.5) is 13.2 Å². The number of alkyl halides is 3. The molecule has 2 atom stereocenters. The van der Waals surface area contributed by atoms with Crippen molar-refractivity contribution in [2.24, 2.45) is 0 Å². The number of nitrogens with zero attached hydrogens (tertiary/aromatic N) is 2. The average molecular weight is 399 g/mol. The van der Waals surface area contributed by atoms with Crippen LogP contribution < -0.4 is 0 Å². The maximum atomic E-state index is 13.2. The molecule has 2 unspecified atom stereocenters. The first-order valence-electron chi connectivity index (χ1n) is 8.46. The Balaban J connectivity index is 2.16. The molecule has 4 nitrogen and oxygen atoms in total. The van der Waals surface area contributed by atoms with Gasteiger partial charge in [-0.2, -0.15) is 13.2 Å². The molecule has 1 aliphatic heterocycles. The van der Waals surface area contributed by atoms with Crippen LogP contribution in [0.5, 0.6) is 0 Å². The minimum absolute atomic E-state index is 0.145. The smallest absolute Gasteiger partial charge is 0.416 e. The zero-order chi connectivity index (χ0) is 19.8. The molecule has 0 aliphatic carbocycles. The van der Waals surface area contributed by atoms with Crippen molar-refractivity contribution in [3.8, 4) is 0 Å². The second kappa shape index (κ2) is 7.48. The van der Waals surface area contributed by atoms with Gasteiger partial charge in [0, 0.05) is 17.8 Å². The molecule has 1 fully saturated rings. The summed E-state index contributed by atoms with van der Waals surface area (Å²) in [6.45, 7) is 2.28. The van der Waals surface area contributed by atoms with Crippen LogP contribution in [0.3, 0.4) is 0 Å². The molecule has 8 heteroatoms. The quantitative estimate of drug-likeness (QED) is 0.811. The lowest BCUT2D eigenvalue weighted by Gasteiger charge is -2.32. The molecular formula is C19H18ClF3N2O2. The van der Waals surface area contributed by atoms with Gasteiger partial charge < -0.3 is 5.11 Å². The minimum Gasteiger partial charge on any atom is -0.480 e. The number of aromatic nitrogens is 1. The Kier molecular flexibility index (Phi) is 5.44. The second-order valence-electron chi connectivity index (χ2n) is 6.63. The summed E-state index contributed by atoms with van der Waals surface area (Å²) in [5, 5.41) is 9.69. The van der Waals surface area contributed by atoms with E-state index in [4.69, 9.17) is 11.6 Å². The van der Waals surface area contributed by atoms with Crippen LogP contribution in [0.2, 0.25) is 5.02 Å². The number of carbonyl (C=O) groups is 1. The number of likely N-dealkylation sites (tertiary alicyclic amines) is 1. The van der Waals surface area contributed by atoms with Crippen molar-refractivity contribution in [1.29, 1.82) is 0 Å². The van der Waals surface area contributed by atoms with Crippen LogP contribution in [-0.2, 0) is 11.0 Å². The number of hydrogen-bond acceptors (Lipinski definition) is 3.